The van der Waals surface area contributed by atoms with Crippen LogP contribution in [0.2, 0.25) is 18.1 Å². The lowest BCUT2D eigenvalue weighted by molar-refractivity contribution is 0.207. The number of hydrogen-bond donors (Lipinski definition) is 1. The van der Waals surface area contributed by atoms with E-state index in [9.17, 15) is 5.11 Å². The predicted molar refractivity (Wildman–Crippen MR) is 98.6 cm³/mol. The van der Waals surface area contributed by atoms with Gasteiger partial charge in [0.2, 0.25) is 0 Å². The van der Waals surface area contributed by atoms with Gasteiger partial charge in [0.1, 0.15) is 0 Å². The van der Waals surface area contributed by atoms with Crippen molar-refractivity contribution < 1.29 is 9.53 Å². The number of unbranched alkanes of at least 4 members (excludes halogenated alkanes) is 2. The molecule has 1 aliphatic carbocycles. The van der Waals surface area contributed by atoms with Crippen molar-refractivity contribution in [1.82, 2.24) is 0 Å². The highest BCUT2D eigenvalue weighted by molar-refractivity contribution is 6.74. The van der Waals surface area contributed by atoms with Gasteiger partial charge in [-0.2, -0.15) is 0 Å². The zero-order valence-electron chi connectivity index (χ0n) is 15.4. The first kappa shape index (κ1) is 19.7. The van der Waals surface area contributed by atoms with Crippen LogP contribution in [0.1, 0.15) is 59.8 Å². The summed E-state index contributed by atoms with van der Waals surface area (Å²) in [5.74, 6) is 0.367. The molecule has 0 heterocycles. The summed E-state index contributed by atoms with van der Waals surface area (Å²) in [6, 6.07) is 0. The van der Waals surface area contributed by atoms with E-state index in [0.717, 1.165) is 12.8 Å². The van der Waals surface area contributed by atoms with Crippen molar-refractivity contribution in [3.05, 3.63) is 24.3 Å². The van der Waals surface area contributed by atoms with Crippen LogP contribution in [0.25, 0.3) is 0 Å². The molecule has 1 N–H and O–H groups in total. The molecular formula is C19H36O2Si. The predicted octanol–water partition coefficient (Wildman–Crippen LogP) is 5.45. The van der Waals surface area contributed by atoms with Crippen molar-refractivity contribution in [2.24, 2.45) is 5.92 Å². The second-order valence-electron chi connectivity index (χ2n) is 8.15. The molecule has 0 fully saturated rings. The van der Waals surface area contributed by atoms with Crippen molar-refractivity contribution in [2.45, 2.75) is 90.1 Å². The number of hydrogen-bond acceptors (Lipinski definition) is 2. The van der Waals surface area contributed by atoms with Crippen LogP contribution >= 0.6 is 0 Å². The number of aliphatic hydroxyl groups excluding tert-OH is 1. The molecule has 128 valence electrons. The van der Waals surface area contributed by atoms with Gasteiger partial charge < -0.3 is 9.53 Å². The van der Waals surface area contributed by atoms with Gasteiger partial charge in [0.25, 0.3) is 0 Å². The summed E-state index contributed by atoms with van der Waals surface area (Å²) < 4.78 is 6.60. The SMILES string of the molecule is CCCCC[C@@H](/C=C/[C@@H]1C=C[C@@H](O)C1)O[Si](C)(C)C(C)(C)C. The molecule has 1 aliphatic rings. The molecule has 0 aromatic carbocycles. The third-order valence-electron chi connectivity index (χ3n) is 5.01. The second-order valence-corrected chi connectivity index (χ2v) is 12.9. The fraction of sp³-hybridized carbons (Fsp3) is 0.789. The highest BCUT2D eigenvalue weighted by Crippen LogP contribution is 2.38. The molecule has 0 spiro atoms. The van der Waals surface area contributed by atoms with Gasteiger partial charge in [-0.3, -0.25) is 0 Å². The maximum atomic E-state index is 9.59. The smallest absolute Gasteiger partial charge is 0.192 e. The monoisotopic (exact) mass is 324 g/mol. The molecule has 0 amide bonds. The number of aliphatic hydroxyl groups is 1. The Balaban J connectivity index is 2.67. The lowest BCUT2D eigenvalue weighted by Crippen LogP contribution is -2.43. The van der Waals surface area contributed by atoms with Gasteiger partial charge in [-0.15, -0.1) is 0 Å². The highest BCUT2D eigenvalue weighted by atomic mass is 28.4. The summed E-state index contributed by atoms with van der Waals surface area (Å²) in [5, 5.41) is 9.83. The molecule has 0 bridgehead atoms. The van der Waals surface area contributed by atoms with Gasteiger partial charge in [0.05, 0.1) is 12.2 Å². The van der Waals surface area contributed by atoms with Crippen LogP contribution in [0.3, 0.4) is 0 Å². The zero-order chi connectivity index (χ0) is 16.8. The van der Waals surface area contributed by atoms with Gasteiger partial charge in [-0.25, -0.2) is 0 Å². The lowest BCUT2D eigenvalue weighted by Gasteiger charge is -2.38. The topological polar surface area (TPSA) is 29.5 Å². The number of rotatable bonds is 8. The quantitative estimate of drug-likeness (QED) is 0.365. The summed E-state index contributed by atoms with van der Waals surface area (Å²) in [6.45, 7) is 13.8. The van der Waals surface area contributed by atoms with Crippen molar-refractivity contribution in [1.29, 1.82) is 0 Å². The maximum absolute atomic E-state index is 9.59. The Morgan fingerprint density at radius 2 is 1.95 bits per heavy atom. The van der Waals surface area contributed by atoms with E-state index in [-0.39, 0.29) is 17.2 Å². The second kappa shape index (κ2) is 8.46. The third-order valence-corrected chi connectivity index (χ3v) is 9.52. The summed E-state index contributed by atoms with van der Waals surface area (Å²) in [7, 11) is -1.74. The van der Waals surface area contributed by atoms with Crippen LogP contribution in [0, 0.1) is 5.92 Å². The van der Waals surface area contributed by atoms with Crippen molar-refractivity contribution >= 4 is 8.32 Å². The van der Waals surface area contributed by atoms with E-state index in [4.69, 9.17) is 4.43 Å². The Kier molecular flexibility index (Phi) is 7.56. The van der Waals surface area contributed by atoms with Gasteiger partial charge in [-0.1, -0.05) is 71.3 Å². The molecule has 0 aromatic rings. The lowest BCUT2D eigenvalue weighted by atomic mass is 10.1. The van der Waals surface area contributed by atoms with E-state index >= 15 is 0 Å². The van der Waals surface area contributed by atoms with Crippen molar-refractivity contribution in [3.63, 3.8) is 0 Å². The van der Waals surface area contributed by atoms with Crippen molar-refractivity contribution in [2.75, 3.05) is 0 Å². The minimum Gasteiger partial charge on any atom is -0.411 e. The average molecular weight is 325 g/mol. The van der Waals surface area contributed by atoms with E-state index in [0.29, 0.717) is 5.92 Å². The van der Waals surface area contributed by atoms with Crippen molar-refractivity contribution in [3.8, 4) is 0 Å². The molecule has 2 nitrogen and oxygen atoms in total. The van der Waals surface area contributed by atoms with Crippen LogP contribution in [-0.4, -0.2) is 25.6 Å². The van der Waals surface area contributed by atoms with Gasteiger partial charge in [-0.05, 0) is 36.9 Å². The molecule has 0 unspecified atom stereocenters. The van der Waals surface area contributed by atoms with Crippen LogP contribution in [-0.2, 0) is 4.43 Å². The first-order valence-corrected chi connectivity index (χ1v) is 11.8. The summed E-state index contributed by atoms with van der Waals surface area (Å²) in [5.41, 5.74) is 0. The van der Waals surface area contributed by atoms with Crippen LogP contribution in [0.4, 0.5) is 0 Å². The van der Waals surface area contributed by atoms with Crippen LogP contribution in [0.15, 0.2) is 24.3 Å². The molecule has 0 aromatic heterocycles. The summed E-state index contributed by atoms with van der Waals surface area (Å²) in [6.07, 6.45) is 14.1. The van der Waals surface area contributed by atoms with E-state index < -0.39 is 8.32 Å². The molecule has 0 saturated carbocycles. The van der Waals surface area contributed by atoms with Gasteiger partial charge in [0, 0.05) is 0 Å². The number of allylic oxidation sites excluding steroid dienone is 2. The Morgan fingerprint density at radius 3 is 2.45 bits per heavy atom. The molecule has 0 aliphatic heterocycles. The largest absolute Gasteiger partial charge is 0.411 e. The summed E-state index contributed by atoms with van der Waals surface area (Å²) in [4.78, 5) is 0. The normalized spacial score (nSPS) is 24.3. The van der Waals surface area contributed by atoms with Gasteiger partial charge in [0.15, 0.2) is 8.32 Å². The third kappa shape index (κ3) is 6.39. The first-order valence-electron chi connectivity index (χ1n) is 8.88. The zero-order valence-corrected chi connectivity index (χ0v) is 16.4. The molecule has 3 heteroatoms. The van der Waals surface area contributed by atoms with Crippen LogP contribution in [0.5, 0.6) is 0 Å². The molecule has 1 rings (SSSR count). The molecule has 0 radical (unpaired) electrons. The Hall–Kier alpha value is -0.383. The molecule has 0 saturated heterocycles. The Morgan fingerprint density at radius 1 is 1.27 bits per heavy atom. The minimum absolute atomic E-state index is 0.221. The maximum Gasteiger partial charge on any atom is 0.192 e. The Labute approximate surface area is 138 Å². The fourth-order valence-electron chi connectivity index (χ4n) is 2.46. The Bertz CT molecular complexity index is 379. The van der Waals surface area contributed by atoms with E-state index in [1.165, 1.54) is 19.3 Å². The van der Waals surface area contributed by atoms with Gasteiger partial charge >= 0.3 is 0 Å². The van der Waals surface area contributed by atoms with E-state index in [1.54, 1.807) is 0 Å². The van der Waals surface area contributed by atoms with E-state index in [2.05, 4.69) is 59.0 Å². The molecular weight excluding hydrogens is 288 g/mol. The summed E-state index contributed by atoms with van der Waals surface area (Å²) >= 11 is 0. The highest BCUT2D eigenvalue weighted by Gasteiger charge is 2.38. The molecule has 3 atom stereocenters. The average Bonchev–Trinajstić information content (AvgIpc) is 2.80. The standard InChI is InChI=1S/C19H36O2Si/c1-7-8-9-10-18(21-22(5,6)19(2,3)4)14-12-16-11-13-17(20)15-16/h11-14,16-18,20H,7-10,15H2,1-6H3/b14-12+/t16-,17+,18-/m0/s1. The minimum atomic E-state index is -1.74. The molecule has 22 heavy (non-hydrogen) atoms. The van der Waals surface area contributed by atoms with E-state index in [1.807, 2.05) is 6.08 Å². The fourth-order valence-corrected chi connectivity index (χ4v) is 3.77. The van der Waals surface area contributed by atoms with Crippen LogP contribution < -0.4 is 0 Å². The first-order chi connectivity index (χ1) is 10.2.